The third-order valence-electron chi connectivity index (χ3n) is 3.70. The predicted molar refractivity (Wildman–Crippen MR) is 76.9 cm³/mol. The summed E-state index contributed by atoms with van der Waals surface area (Å²) in [5.74, 6) is 0.332. The van der Waals surface area contributed by atoms with Gasteiger partial charge in [-0.15, -0.1) is 0 Å². The molecule has 0 radical (unpaired) electrons. The lowest BCUT2D eigenvalue weighted by Gasteiger charge is -2.18. The number of hydrogen-bond donors (Lipinski definition) is 1. The first-order valence-electron chi connectivity index (χ1n) is 6.61. The van der Waals surface area contributed by atoms with Gasteiger partial charge in [0.25, 0.3) is 0 Å². The quantitative estimate of drug-likeness (QED) is 0.846. The molecule has 2 aliphatic carbocycles. The van der Waals surface area contributed by atoms with Crippen LogP contribution in [0.3, 0.4) is 0 Å². The molecule has 2 unspecified atom stereocenters. The second-order valence-electron chi connectivity index (χ2n) is 4.95. The van der Waals surface area contributed by atoms with Crippen LogP contribution in [0.2, 0.25) is 0 Å². The standard InChI is InChI=1S/C16H18N2/c1-2-14(17)11-7-8-16-13(9-11)10-12-5-3-4-6-15(12)18-16/h3,5-11,14H,2,4,17H2,1H3. The molecule has 2 aliphatic rings. The minimum atomic E-state index is 0.201. The van der Waals surface area contributed by atoms with Gasteiger partial charge in [0.1, 0.15) is 0 Å². The van der Waals surface area contributed by atoms with E-state index in [0.717, 1.165) is 23.9 Å². The van der Waals surface area contributed by atoms with E-state index in [2.05, 4.69) is 49.4 Å². The summed E-state index contributed by atoms with van der Waals surface area (Å²) in [6.45, 7) is 2.13. The Morgan fingerprint density at radius 3 is 3.17 bits per heavy atom. The Morgan fingerprint density at radius 2 is 2.33 bits per heavy atom. The summed E-state index contributed by atoms with van der Waals surface area (Å²) in [5.41, 5.74) is 8.41. The smallest absolute Gasteiger partial charge is 0.0703 e. The number of allylic oxidation sites excluding steroid dienone is 1. The highest BCUT2D eigenvalue weighted by Crippen LogP contribution is 2.14. The summed E-state index contributed by atoms with van der Waals surface area (Å²) in [7, 11) is 0. The van der Waals surface area contributed by atoms with Crippen molar-refractivity contribution in [2.75, 3.05) is 0 Å². The molecule has 1 aromatic rings. The Bertz CT molecular complexity index is 638. The van der Waals surface area contributed by atoms with Crippen LogP contribution in [0.25, 0.3) is 24.3 Å². The molecule has 0 amide bonds. The van der Waals surface area contributed by atoms with Crippen molar-refractivity contribution in [1.82, 2.24) is 4.98 Å². The highest BCUT2D eigenvalue weighted by atomic mass is 14.7. The van der Waals surface area contributed by atoms with Gasteiger partial charge in [-0.05, 0) is 30.2 Å². The molecule has 2 atom stereocenters. The van der Waals surface area contributed by atoms with Crippen LogP contribution in [0.15, 0.2) is 18.2 Å². The zero-order valence-electron chi connectivity index (χ0n) is 10.6. The number of aromatic nitrogens is 1. The van der Waals surface area contributed by atoms with Crippen molar-refractivity contribution >= 4 is 24.3 Å². The fourth-order valence-corrected chi connectivity index (χ4v) is 2.52. The molecular weight excluding hydrogens is 220 g/mol. The summed E-state index contributed by atoms with van der Waals surface area (Å²) in [5, 5.41) is 2.32. The Morgan fingerprint density at radius 1 is 1.44 bits per heavy atom. The molecule has 0 saturated carbocycles. The fourth-order valence-electron chi connectivity index (χ4n) is 2.52. The van der Waals surface area contributed by atoms with Crippen LogP contribution < -0.4 is 16.3 Å². The number of pyridine rings is 1. The minimum absolute atomic E-state index is 0.201. The molecule has 1 heterocycles. The van der Waals surface area contributed by atoms with Gasteiger partial charge in [-0.3, -0.25) is 0 Å². The Hall–Kier alpha value is -1.67. The molecular formula is C16H18N2. The molecule has 0 fully saturated rings. The molecule has 0 aliphatic heterocycles. The molecule has 0 bridgehead atoms. The number of nitrogens with two attached hydrogens (primary N) is 1. The molecule has 0 spiro atoms. The number of nitrogens with zero attached hydrogens (tertiary/aromatic N) is 1. The lowest BCUT2D eigenvalue weighted by molar-refractivity contribution is 0.585. The minimum Gasteiger partial charge on any atom is -0.327 e. The first kappa shape index (κ1) is 11.4. The highest BCUT2D eigenvalue weighted by molar-refractivity contribution is 5.62. The summed E-state index contributed by atoms with van der Waals surface area (Å²) >= 11 is 0. The molecule has 92 valence electrons. The Labute approximate surface area is 107 Å². The van der Waals surface area contributed by atoms with Crippen LogP contribution in [0, 0.1) is 5.92 Å². The van der Waals surface area contributed by atoms with Crippen LogP contribution in [0.1, 0.15) is 31.0 Å². The first-order valence-corrected chi connectivity index (χ1v) is 6.61. The SMILES string of the molecule is CCC(N)C1C=Cc2nc3c(cc2=C1)C=CCC=3. The number of fused-ring (bicyclic) bond motifs is 2. The van der Waals surface area contributed by atoms with Crippen LogP contribution >= 0.6 is 0 Å². The topological polar surface area (TPSA) is 38.9 Å². The maximum absolute atomic E-state index is 6.12. The van der Waals surface area contributed by atoms with E-state index < -0.39 is 0 Å². The van der Waals surface area contributed by atoms with Gasteiger partial charge in [-0.1, -0.05) is 37.3 Å². The van der Waals surface area contributed by atoms with Gasteiger partial charge in [-0.25, -0.2) is 4.98 Å². The predicted octanol–water partition coefficient (Wildman–Crippen LogP) is 1.44. The average molecular weight is 238 g/mol. The van der Waals surface area contributed by atoms with Gasteiger partial charge >= 0.3 is 0 Å². The third kappa shape index (κ3) is 1.93. The zero-order chi connectivity index (χ0) is 12.5. The van der Waals surface area contributed by atoms with E-state index in [1.807, 2.05) is 0 Å². The maximum atomic E-state index is 6.12. The van der Waals surface area contributed by atoms with Crippen LogP contribution in [0.5, 0.6) is 0 Å². The molecule has 1 aromatic heterocycles. The van der Waals surface area contributed by atoms with E-state index in [1.54, 1.807) is 0 Å². The molecule has 2 N–H and O–H groups in total. The van der Waals surface area contributed by atoms with Gasteiger partial charge in [0.05, 0.1) is 11.0 Å². The van der Waals surface area contributed by atoms with Crippen molar-refractivity contribution < 1.29 is 0 Å². The third-order valence-corrected chi connectivity index (χ3v) is 3.70. The van der Waals surface area contributed by atoms with Crippen molar-refractivity contribution in [3.63, 3.8) is 0 Å². The van der Waals surface area contributed by atoms with Crippen molar-refractivity contribution in [3.8, 4) is 0 Å². The van der Waals surface area contributed by atoms with Crippen molar-refractivity contribution in [2.45, 2.75) is 25.8 Å². The first-order chi connectivity index (χ1) is 8.78. The maximum Gasteiger partial charge on any atom is 0.0703 e. The molecule has 2 heteroatoms. The van der Waals surface area contributed by atoms with Gasteiger partial charge in [0, 0.05) is 17.5 Å². The van der Waals surface area contributed by atoms with E-state index in [9.17, 15) is 0 Å². The Kier molecular flexibility index (Phi) is 2.88. The second-order valence-corrected chi connectivity index (χ2v) is 4.95. The summed E-state index contributed by atoms with van der Waals surface area (Å²) < 4.78 is 0. The fraction of sp³-hybridized carbons (Fsp3) is 0.312. The molecule has 2 nitrogen and oxygen atoms in total. The van der Waals surface area contributed by atoms with E-state index in [-0.39, 0.29) is 6.04 Å². The molecule has 18 heavy (non-hydrogen) atoms. The lowest BCUT2D eigenvalue weighted by atomic mass is 9.92. The van der Waals surface area contributed by atoms with Gasteiger partial charge in [0.2, 0.25) is 0 Å². The monoisotopic (exact) mass is 238 g/mol. The number of rotatable bonds is 2. The van der Waals surface area contributed by atoms with E-state index in [0.29, 0.717) is 5.92 Å². The van der Waals surface area contributed by atoms with Crippen LogP contribution in [-0.2, 0) is 0 Å². The normalized spacial score (nSPS) is 21.6. The average Bonchev–Trinajstić information content (AvgIpc) is 2.43. The van der Waals surface area contributed by atoms with Crippen molar-refractivity contribution in [1.29, 1.82) is 0 Å². The summed E-state index contributed by atoms with van der Waals surface area (Å²) in [6, 6.07) is 2.43. The highest BCUT2D eigenvalue weighted by Gasteiger charge is 2.14. The van der Waals surface area contributed by atoms with E-state index in [1.165, 1.54) is 10.8 Å². The van der Waals surface area contributed by atoms with Gasteiger partial charge in [0.15, 0.2) is 0 Å². The number of hydrogen-bond acceptors (Lipinski definition) is 2. The summed E-state index contributed by atoms with van der Waals surface area (Å²) in [4.78, 5) is 4.71. The van der Waals surface area contributed by atoms with Crippen molar-refractivity contribution in [3.05, 3.63) is 40.0 Å². The van der Waals surface area contributed by atoms with Gasteiger partial charge < -0.3 is 5.73 Å². The molecule has 0 saturated heterocycles. The van der Waals surface area contributed by atoms with E-state index >= 15 is 0 Å². The van der Waals surface area contributed by atoms with E-state index in [4.69, 9.17) is 10.7 Å². The lowest BCUT2D eigenvalue weighted by Crippen LogP contribution is -2.31. The second kappa shape index (κ2) is 4.54. The van der Waals surface area contributed by atoms with Gasteiger partial charge in [-0.2, -0.15) is 0 Å². The summed E-state index contributed by atoms with van der Waals surface area (Å²) in [6.07, 6.45) is 15.0. The van der Waals surface area contributed by atoms with Crippen molar-refractivity contribution in [2.24, 2.45) is 11.7 Å². The Balaban J connectivity index is 2.12. The molecule has 0 aromatic carbocycles. The van der Waals surface area contributed by atoms with Crippen LogP contribution in [0.4, 0.5) is 0 Å². The molecule has 3 rings (SSSR count). The zero-order valence-corrected chi connectivity index (χ0v) is 10.6. The largest absolute Gasteiger partial charge is 0.327 e. The van der Waals surface area contributed by atoms with Crippen LogP contribution in [-0.4, -0.2) is 11.0 Å².